The normalized spacial score (nSPS) is 13.2. The Labute approximate surface area is 113 Å². The third-order valence-electron chi connectivity index (χ3n) is 2.28. The number of hydrogen-bond acceptors (Lipinski definition) is 4. The van der Waals surface area contributed by atoms with Crippen LogP contribution < -0.4 is 9.47 Å². The maximum Gasteiger partial charge on any atom is 0.441 e. The Bertz CT molecular complexity index is 408. The Hall–Kier alpha value is -1.08. The van der Waals surface area contributed by atoms with Gasteiger partial charge in [0.15, 0.2) is 11.5 Å². The van der Waals surface area contributed by atoms with Crippen LogP contribution in [0.15, 0.2) is 18.2 Å². The molecule has 0 fully saturated rings. The zero-order valence-electron chi connectivity index (χ0n) is 10.5. The molecule has 0 saturated heterocycles. The van der Waals surface area contributed by atoms with Crippen LogP contribution in [0.3, 0.4) is 0 Å². The van der Waals surface area contributed by atoms with Gasteiger partial charge in [0.2, 0.25) is 0 Å². The summed E-state index contributed by atoms with van der Waals surface area (Å²) in [6.07, 6.45) is -0.649. The van der Waals surface area contributed by atoms with Gasteiger partial charge in [0.05, 0.1) is 19.8 Å². The van der Waals surface area contributed by atoms with Gasteiger partial charge in [-0.05, 0) is 36.4 Å². The number of ether oxygens (including phenoxy) is 2. The fourth-order valence-electron chi connectivity index (χ4n) is 1.37. The minimum Gasteiger partial charge on any atom is -0.493 e. The van der Waals surface area contributed by atoms with Crippen molar-refractivity contribution in [1.82, 2.24) is 0 Å². The molecule has 19 heavy (non-hydrogen) atoms. The second-order valence-electron chi connectivity index (χ2n) is 3.73. The number of thioether (sulfide) groups is 1. The van der Waals surface area contributed by atoms with E-state index in [1.54, 1.807) is 25.1 Å². The van der Waals surface area contributed by atoms with Crippen LogP contribution in [0.5, 0.6) is 11.5 Å². The van der Waals surface area contributed by atoms with Crippen molar-refractivity contribution >= 4 is 11.8 Å². The average Bonchev–Trinajstić information content (AvgIpc) is 2.33. The Morgan fingerprint density at radius 3 is 2.53 bits per heavy atom. The van der Waals surface area contributed by atoms with E-state index in [1.165, 1.54) is 7.11 Å². The molecule has 0 spiro atoms. The van der Waals surface area contributed by atoms with E-state index in [1.807, 2.05) is 0 Å². The maximum atomic E-state index is 11.9. The van der Waals surface area contributed by atoms with Gasteiger partial charge in [0.25, 0.3) is 0 Å². The second kappa shape index (κ2) is 6.91. The monoisotopic (exact) mass is 296 g/mol. The van der Waals surface area contributed by atoms with E-state index in [0.29, 0.717) is 17.1 Å². The topological polar surface area (TPSA) is 38.7 Å². The summed E-state index contributed by atoms with van der Waals surface area (Å²) >= 11 is -0.131. The summed E-state index contributed by atoms with van der Waals surface area (Å²) in [6, 6.07) is 4.80. The van der Waals surface area contributed by atoms with Crippen LogP contribution in [-0.4, -0.2) is 30.1 Å². The average molecular weight is 296 g/mol. The maximum absolute atomic E-state index is 11.9. The predicted octanol–water partition coefficient (Wildman–Crippen LogP) is 3.38. The fraction of sp³-hybridized carbons (Fsp3) is 0.500. The van der Waals surface area contributed by atoms with E-state index < -0.39 is 11.6 Å². The van der Waals surface area contributed by atoms with Crippen LogP contribution in [0.2, 0.25) is 0 Å². The fourth-order valence-corrected chi connectivity index (χ4v) is 1.77. The quantitative estimate of drug-likeness (QED) is 0.817. The zero-order chi connectivity index (χ0) is 14.5. The summed E-state index contributed by atoms with van der Waals surface area (Å²) in [7, 11) is 1.43. The Morgan fingerprint density at radius 2 is 2.00 bits per heavy atom. The molecule has 0 aromatic heterocycles. The molecular formula is C12H15F3O3S. The number of benzene rings is 1. The molecule has 1 unspecified atom stereocenters. The van der Waals surface area contributed by atoms with Crippen LogP contribution in [0, 0.1) is 0 Å². The van der Waals surface area contributed by atoms with Crippen LogP contribution in [0.4, 0.5) is 13.2 Å². The van der Waals surface area contributed by atoms with Gasteiger partial charge >= 0.3 is 5.51 Å². The van der Waals surface area contributed by atoms with E-state index in [-0.39, 0.29) is 24.1 Å². The van der Waals surface area contributed by atoms with Crippen molar-refractivity contribution in [3.63, 3.8) is 0 Å². The SMILES string of the molecule is COc1cc(C(C)O)ccc1OCCSC(F)(F)F. The van der Waals surface area contributed by atoms with E-state index in [2.05, 4.69) is 0 Å². The van der Waals surface area contributed by atoms with Crippen molar-refractivity contribution in [1.29, 1.82) is 0 Å². The molecular weight excluding hydrogens is 281 g/mol. The standard InChI is InChI=1S/C12H15F3O3S/c1-8(16)9-3-4-10(11(7-9)17-2)18-5-6-19-12(13,14)15/h3-4,7-8,16H,5-6H2,1-2H3. The molecule has 108 valence electrons. The highest BCUT2D eigenvalue weighted by atomic mass is 32.2. The van der Waals surface area contributed by atoms with Crippen LogP contribution in [-0.2, 0) is 0 Å². The Balaban J connectivity index is 2.58. The second-order valence-corrected chi connectivity index (χ2v) is 4.89. The molecule has 0 aliphatic rings. The first-order chi connectivity index (χ1) is 8.83. The molecule has 1 N–H and O–H groups in total. The molecule has 0 aliphatic carbocycles. The molecule has 0 heterocycles. The number of hydrogen-bond donors (Lipinski definition) is 1. The molecule has 7 heteroatoms. The first kappa shape index (κ1) is 16.0. The largest absolute Gasteiger partial charge is 0.493 e. The third-order valence-corrected chi connectivity index (χ3v) is 2.97. The van der Waals surface area contributed by atoms with Gasteiger partial charge in [-0.15, -0.1) is 0 Å². The highest BCUT2D eigenvalue weighted by Crippen LogP contribution is 2.32. The summed E-state index contributed by atoms with van der Waals surface area (Å²) in [5, 5.41) is 9.41. The number of methoxy groups -OCH3 is 1. The molecule has 1 aromatic rings. The lowest BCUT2D eigenvalue weighted by Crippen LogP contribution is -2.08. The number of aliphatic hydroxyl groups excluding tert-OH is 1. The van der Waals surface area contributed by atoms with Crippen molar-refractivity contribution < 1.29 is 27.8 Å². The molecule has 3 nitrogen and oxygen atoms in total. The van der Waals surface area contributed by atoms with E-state index in [9.17, 15) is 18.3 Å². The summed E-state index contributed by atoms with van der Waals surface area (Å²) < 4.78 is 46.1. The molecule has 0 amide bonds. The number of halogens is 3. The molecule has 1 atom stereocenters. The summed E-state index contributed by atoms with van der Waals surface area (Å²) in [6.45, 7) is 1.53. The van der Waals surface area contributed by atoms with Crippen LogP contribution >= 0.6 is 11.8 Å². The summed E-state index contributed by atoms with van der Waals surface area (Å²) in [5.74, 6) is 0.551. The molecule has 0 bridgehead atoms. The van der Waals surface area contributed by atoms with E-state index >= 15 is 0 Å². The van der Waals surface area contributed by atoms with Gasteiger partial charge in [-0.2, -0.15) is 13.2 Å². The molecule has 1 aromatic carbocycles. The van der Waals surface area contributed by atoms with Crippen LogP contribution in [0.1, 0.15) is 18.6 Å². The van der Waals surface area contributed by atoms with Crippen molar-refractivity contribution in [2.45, 2.75) is 18.5 Å². The predicted molar refractivity (Wildman–Crippen MR) is 67.6 cm³/mol. The molecule has 0 radical (unpaired) electrons. The van der Waals surface area contributed by atoms with Crippen molar-refractivity contribution in [2.24, 2.45) is 0 Å². The van der Waals surface area contributed by atoms with Gasteiger partial charge in [-0.25, -0.2) is 0 Å². The number of rotatable bonds is 6. The Morgan fingerprint density at radius 1 is 1.32 bits per heavy atom. The lowest BCUT2D eigenvalue weighted by atomic mass is 10.1. The first-order valence-corrected chi connectivity index (χ1v) is 6.51. The first-order valence-electron chi connectivity index (χ1n) is 5.53. The van der Waals surface area contributed by atoms with E-state index in [4.69, 9.17) is 9.47 Å². The van der Waals surface area contributed by atoms with E-state index in [0.717, 1.165) is 0 Å². The van der Waals surface area contributed by atoms with Crippen molar-refractivity contribution in [3.8, 4) is 11.5 Å². The molecule has 1 rings (SSSR count). The van der Waals surface area contributed by atoms with Gasteiger partial charge in [0, 0.05) is 5.75 Å². The smallest absolute Gasteiger partial charge is 0.441 e. The zero-order valence-corrected chi connectivity index (χ0v) is 11.3. The highest BCUT2D eigenvalue weighted by Gasteiger charge is 2.27. The van der Waals surface area contributed by atoms with Crippen molar-refractivity contribution in [2.75, 3.05) is 19.5 Å². The number of aliphatic hydroxyl groups is 1. The molecule has 0 aliphatic heterocycles. The van der Waals surface area contributed by atoms with Gasteiger partial charge in [-0.1, -0.05) is 6.07 Å². The minimum absolute atomic E-state index is 0.0748. The summed E-state index contributed by atoms with van der Waals surface area (Å²) in [4.78, 5) is 0. The van der Waals surface area contributed by atoms with Gasteiger partial charge in [-0.3, -0.25) is 0 Å². The lowest BCUT2D eigenvalue weighted by Gasteiger charge is -2.13. The minimum atomic E-state index is -4.25. The van der Waals surface area contributed by atoms with Gasteiger partial charge < -0.3 is 14.6 Å². The lowest BCUT2D eigenvalue weighted by molar-refractivity contribution is -0.0329. The van der Waals surface area contributed by atoms with Crippen molar-refractivity contribution in [3.05, 3.63) is 23.8 Å². The van der Waals surface area contributed by atoms with Crippen LogP contribution in [0.25, 0.3) is 0 Å². The third kappa shape index (κ3) is 5.61. The highest BCUT2D eigenvalue weighted by molar-refractivity contribution is 8.00. The Kier molecular flexibility index (Phi) is 5.81. The van der Waals surface area contributed by atoms with Gasteiger partial charge in [0.1, 0.15) is 0 Å². The number of alkyl halides is 3. The molecule has 0 saturated carbocycles. The summed E-state index contributed by atoms with van der Waals surface area (Å²) in [5.41, 5.74) is -3.60.